The van der Waals surface area contributed by atoms with Gasteiger partial charge in [-0.25, -0.2) is 9.78 Å². The molecule has 0 bridgehead atoms. The van der Waals surface area contributed by atoms with Crippen LogP contribution in [0.1, 0.15) is 6.42 Å². The summed E-state index contributed by atoms with van der Waals surface area (Å²) in [5.74, 6) is 0.441. The maximum Gasteiger partial charge on any atom is 0.407 e. The summed E-state index contributed by atoms with van der Waals surface area (Å²) in [7, 11) is 0. The van der Waals surface area contributed by atoms with Crippen LogP contribution in [0, 0.1) is 5.92 Å². The first kappa shape index (κ1) is 11.6. The van der Waals surface area contributed by atoms with E-state index in [4.69, 9.17) is 16.7 Å². The standard InChI is InChI=1S/C12H14ClN3O2/c13-11-2-1-9(5-14-11)16-4-3-8-6-15(12(17)18)7-10(8)16/h1-2,5,8,10H,3-4,6-7H2,(H,17,18). The van der Waals surface area contributed by atoms with Crippen LogP contribution in [0.15, 0.2) is 18.3 Å². The Morgan fingerprint density at radius 2 is 2.28 bits per heavy atom. The molecule has 2 aliphatic rings. The van der Waals surface area contributed by atoms with Crippen LogP contribution in [0.5, 0.6) is 0 Å². The summed E-state index contributed by atoms with van der Waals surface area (Å²) in [6, 6.07) is 4.00. The maximum absolute atomic E-state index is 11.0. The summed E-state index contributed by atoms with van der Waals surface area (Å²) in [6.45, 7) is 2.20. The van der Waals surface area contributed by atoms with Crippen molar-refractivity contribution in [3.63, 3.8) is 0 Å². The lowest BCUT2D eigenvalue weighted by Gasteiger charge is -2.26. The topological polar surface area (TPSA) is 56.7 Å². The average Bonchev–Trinajstić information content (AvgIpc) is 2.89. The van der Waals surface area contributed by atoms with Crippen molar-refractivity contribution in [3.05, 3.63) is 23.5 Å². The summed E-state index contributed by atoms with van der Waals surface area (Å²) in [6.07, 6.45) is 1.98. The van der Waals surface area contributed by atoms with Crippen molar-refractivity contribution in [2.45, 2.75) is 12.5 Å². The minimum absolute atomic E-state index is 0.282. The largest absolute Gasteiger partial charge is 0.465 e. The number of hydrogen-bond acceptors (Lipinski definition) is 3. The average molecular weight is 268 g/mol. The number of aromatic nitrogens is 1. The second-order valence-electron chi connectivity index (χ2n) is 4.84. The number of anilines is 1. The molecule has 0 aliphatic carbocycles. The van der Waals surface area contributed by atoms with Crippen LogP contribution < -0.4 is 4.90 Å². The van der Waals surface area contributed by atoms with Gasteiger partial charge in [-0.2, -0.15) is 0 Å². The number of carboxylic acid groups (broad SMARTS) is 1. The van der Waals surface area contributed by atoms with Gasteiger partial charge in [0.2, 0.25) is 0 Å². The summed E-state index contributed by atoms with van der Waals surface area (Å²) in [5, 5.41) is 9.52. The lowest BCUT2D eigenvalue weighted by molar-refractivity contribution is 0.153. The van der Waals surface area contributed by atoms with Crippen molar-refractivity contribution in [2.75, 3.05) is 24.5 Å². The Labute approximate surface area is 110 Å². The molecule has 18 heavy (non-hydrogen) atoms. The molecule has 0 spiro atoms. The van der Waals surface area contributed by atoms with E-state index >= 15 is 0 Å². The van der Waals surface area contributed by atoms with E-state index in [2.05, 4.69) is 9.88 Å². The van der Waals surface area contributed by atoms with Gasteiger partial charge in [0.25, 0.3) is 0 Å². The Morgan fingerprint density at radius 3 is 2.94 bits per heavy atom. The molecule has 1 amide bonds. The first-order valence-electron chi connectivity index (χ1n) is 6.01. The van der Waals surface area contributed by atoms with Crippen LogP contribution in [0.3, 0.4) is 0 Å². The molecule has 0 radical (unpaired) electrons. The van der Waals surface area contributed by atoms with Crippen molar-refractivity contribution >= 4 is 23.4 Å². The van der Waals surface area contributed by atoms with Gasteiger partial charge in [-0.1, -0.05) is 11.6 Å². The number of nitrogens with zero attached hydrogens (tertiary/aromatic N) is 3. The molecule has 2 fully saturated rings. The molecule has 2 unspecified atom stereocenters. The monoisotopic (exact) mass is 267 g/mol. The van der Waals surface area contributed by atoms with E-state index in [1.807, 2.05) is 6.07 Å². The Kier molecular flexibility index (Phi) is 2.78. The Balaban J connectivity index is 1.79. The smallest absolute Gasteiger partial charge is 0.407 e. The van der Waals surface area contributed by atoms with Crippen LogP contribution in [-0.2, 0) is 0 Å². The number of pyridine rings is 1. The number of halogens is 1. The van der Waals surface area contributed by atoms with Crippen molar-refractivity contribution in [1.82, 2.24) is 9.88 Å². The van der Waals surface area contributed by atoms with Gasteiger partial charge in [-0.3, -0.25) is 0 Å². The number of rotatable bonds is 1. The lowest BCUT2D eigenvalue weighted by Crippen LogP contribution is -2.36. The van der Waals surface area contributed by atoms with Crippen molar-refractivity contribution < 1.29 is 9.90 Å². The SMILES string of the molecule is O=C(O)N1CC2CCN(c3ccc(Cl)nc3)C2C1. The molecule has 2 aliphatic heterocycles. The van der Waals surface area contributed by atoms with E-state index in [0.29, 0.717) is 24.2 Å². The van der Waals surface area contributed by atoms with Gasteiger partial charge in [-0.15, -0.1) is 0 Å². The van der Waals surface area contributed by atoms with Gasteiger partial charge >= 0.3 is 6.09 Å². The van der Waals surface area contributed by atoms with E-state index in [-0.39, 0.29) is 6.04 Å². The Morgan fingerprint density at radius 1 is 1.44 bits per heavy atom. The van der Waals surface area contributed by atoms with Gasteiger partial charge in [0.1, 0.15) is 5.15 Å². The minimum Gasteiger partial charge on any atom is -0.465 e. The molecule has 2 atom stereocenters. The van der Waals surface area contributed by atoms with Crippen LogP contribution >= 0.6 is 11.6 Å². The van der Waals surface area contributed by atoms with Gasteiger partial charge in [0.15, 0.2) is 0 Å². The number of amides is 1. The van der Waals surface area contributed by atoms with Crippen molar-refractivity contribution in [2.24, 2.45) is 5.92 Å². The molecular weight excluding hydrogens is 254 g/mol. The molecule has 1 aromatic rings. The fourth-order valence-electron chi connectivity index (χ4n) is 2.98. The first-order chi connectivity index (χ1) is 8.65. The highest BCUT2D eigenvalue weighted by molar-refractivity contribution is 6.29. The second-order valence-corrected chi connectivity index (χ2v) is 5.22. The number of likely N-dealkylation sites (tertiary alicyclic amines) is 1. The van der Waals surface area contributed by atoms with Crippen LogP contribution in [0.2, 0.25) is 5.15 Å². The predicted molar refractivity (Wildman–Crippen MR) is 68.1 cm³/mol. The van der Waals surface area contributed by atoms with E-state index in [9.17, 15) is 4.79 Å². The molecular formula is C12H14ClN3O2. The summed E-state index contributed by atoms with van der Waals surface area (Å²) < 4.78 is 0. The van der Waals surface area contributed by atoms with Crippen molar-refractivity contribution in [1.29, 1.82) is 0 Å². The molecule has 1 N–H and O–H groups in total. The van der Waals surface area contributed by atoms with Gasteiger partial charge in [0.05, 0.1) is 17.9 Å². The van der Waals surface area contributed by atoms with E-state index in [1.165, 1.54) is 4.90 Å². The zero-order chi connectivity index (χ0) is 12.7. The second kappa shape index (κ2) is 4.31. The summed E-state index contributed by atoms with van der Waals surface area (Å²) in [4.78, 5) is 18.8. The third-order valence-electron chi connectivity index (χ3n) is 3.86. The highest BCUT2D eigenvalue weighted by atomic mass is 35.5. The molecule has 96 valence electrons. The molecule has 3 rings (SSSR count). The molecule has 1 aromatic heterocycles. The molecule has 0 aromatic carbocycles. The molecule has 2 saturated heterocycles. The Bertz CT molecular complexity index is 465. The van der Waals surface area contributed by atoms with Crippen molar-refractivity contribution in [3.8, 4) is 0 Å². The quantitative estimate of drug-likeness (QED) is 0.790. The normalized spacial score (nSPS) is 26.5. The molecule has 6 heteroatoms. The third-order valence-corrected chi connectivity index (χ3v) is 4.09. The number of fused-ring (bicyclic) bond motifs is 1. The number of hydrogen-bond donors (Lipinski definition) is 1. The van der Waals surface area contributed by atoms with Crippen LogP contribution in [0.25, 0.3) is 0 Å². The van der Waals surface area contributed by atoms with E-state index < -0.39 is 6.09 Å². The molecule has 0 saturated carbocycles. The number of carbonyl (C=O) groups is 1. The van der Waals surface area contributed by atoms with Gasteiger partial charge in [0, 0.05) is 25.6 Å². The fourth-order valence-corrected chi connectivity index (χ4v) is 3.09. The lowest BCUT2D eigenvalue weighted by atomic mass is 10.1. The third kappa shape index (κ3) is 1.88. The first-order valence-corrected chi connectivity index (χ1v) is 6.39. The summed E-state index contributed by atoms with van der Waals surface area (Å²) in [5.41, 5.74) is 1.03. The molecule has 5 nitrogen and oxygen atoms in total. The van der Waals surface area contributed by atoms with Crippen LogP contribution in [0.4, 0.5) is 10.5 Å². The minimum atomic E-state index is -0.821. The van der Waals surface area contributed by atoms with Gasteiger partial charge < -0.3 is 14.9 Å². The van der Waals surface area contributed by atoms with Gasteiger partial charge in [-0.05, 0) is 18.6 Å². The summed E-state index contributed by atoms with van der Waals surface area (Å²) >= 11 is 5.78. The van der Waals surface area contributed by atoms with Crippen LogP contribution in [-0.4, -0.2) is 46.8 Å². The molecule has 3 heterocycles. The highest BCUT2D eigenvalue weighted by Crippen LogP contribution is 2.34. The zero-order valence-corrected chi connectivity index (χ0v) is 10.5. The van der Waals surface area contributed by atoms with E-state index in [1.54, 1.807) is 12.3 Å². The highest BCUT2D eigenvalue weighted by Gasteiger charge is 2.42. The zero-order valence-electron chi connectivity index (χ0n) is 9.79. The Hall–Kier alpha value is -1.49. The maximum atomic E-state index is 11.0. The fraction of sp³-hybridized carbons (Fsp3) is 0.500. The predicted octanol–water partition coefficient (Wildman–Crippen LogP) is 1.92. The van der Waals surface area contributed by atoms with E-state index in [0.717, 1.165) is 18.7 Å².